The Balaban J connectivity index is 1.56. The quantitative estimate of drug-likeness (QED) is 0.573. The molecule has 152 valence electrons. The molecular weight excluding hydrogens is 376 g/mol. The number of hydrogen-bond donors (Lipinski definition) is 0. The van der Waals surface area contributed by atoms with Crippen LogP contribution >= 0.6 is 0 Å². The summed E-state index contributed by atoms with van der Waals surface area (Å²) in [6.07, 6.45) is 0. The summed E-state index contributed by atoms with van der Waals surface area (Å²) in [6.45, 7) is 1.79. The highest BCUT2D eigenvalue weighted by molar-refractivity contribution is 6.07. The van der Waals surface area contributed by atoms with Gasteiger partial charge in [-0.15, -0.1) is 0 Å². The monoisotopic (exact) mass is 400 g/mol. The van der Waals surface area contributed by atoms with Crippen molar-refractivity contribution in [1.82, 2.24) is 0 Å². The second-order valence-corrected chi connectivity index (χ2v) is 7.00. The molecule has 30 heavy (non-hydrogen) atoms. The molecule has 0 saturated carbocycles. The molecule has 0 amide bonds. The molecule has 1 heterocycles. The zero-order valence-electron chi connectivity index (χ0n) is 17.0. The lowest BCUT2D eigenvalue weighted by Gasteiger charge is -2.28. The minimum atomic E-state index is 0.0266. The second kappa shape index (κ2) is 9.37. The molecule has 0 N–H and O–H groups in total. The molecule has 4 rings (SSSR count). The van der Waals surface area contributed by atoms with Gasteiger partial charge < -0.3 is 14.4 Å². The predicted molar refractivity (Wildman–Crippen MR) is 120 cm³/mol. The third-order valence-corrected chi connectivity index (χ3v) is 5.07. The first-order valence-corrected chi connectivity index (χ1v) is 9.96. The number of amidine groups is 1. The van der Waals surface area contributed by atoms with Crippen LogP contribution < -0.4 is 9.64 Å². The van der Waals surface area contributed by atoms with Crippen molar-refractivity contribution in [2.45, 2.75) is 0 Å². The molecular formula is C25H24N2O3. The topological polar surface area (TPSA) is 51.1 Å². The maximum atomic E-state index is 13.1. The van der Waals surface area contributed by atoms with E-state index in [9.17, 15) is 4.79 Å². The lowest BCUT2D eigenvalue weighted by Crippen LogP contribution is -2.40. The summed E-state index contributed by atoms with van der Waals surface area (Å²) in [5.74, 6) is 1.56. The molecule has 0 fully saturated rings. The van der Waals surface area contributed by atoms with E-state index in [0.717, 1.165) is 28.4 Å². The van der Waals surface area contributed by atoms with Crippen molar-refractivity contribution in [3.05, 3.63) is 84.4 Å². The van der Waals surface area contributed by atoms with Gasteiger partial charge in [-0.3, -0.25) is 9.79 Å². The Kier molecular flexibility index (Phi) is 6.20. The van der Waals surface area contributed by atoms with Crippen molar-refractivity contribution in [2.75, 3.05) is 38.3 Å². The van der Waals surface area contributed by atoms with Gasteiger partial charge in [0, 0.05) is 11.3 Å². The molecule has 0 atom stereocenters. The highest BCUT2D eigenvalue weighted by Crippen LogP contribution is 2.23. The molecule has 0 saturated heterocycles. The third-order valence-electron chi connectivity index (χ3n) is 5.07. The summed E-state index contributed by atoms with van der Waals surface area (Å²) >= 11 is 0. The van der Waals surface area contributed by atoms with Crippen LogP contribution in [0, 0.1) is 0 Å². The van der Waals surface area contributed by atoms with Gasteiger partial charge in [-0.2, -0.15) is 0 Å². The van der Waals surface area contributed by atoms with E-state index in [1.54, 1.807) is 7.11 Å². The van der Waals surface area contributed by atoms with Crippen molar-refractivity contribution >= 4 is 17.3 Å². The van der Waals surface area contributed by atoms with Crippen molar-refractivity contribution in [2.24, 2.45) is 4.99 Å². The maximum Gasteiger partial charge on any atom is 0.182 e. The van der Waals surface area contributed by atoms with E-state index in [0.29, 0.717) is 25.3 Å². The van der Waals surface area contributed by atoms with E-state index in [2.05, 4.69) is 17.1 Å². The highest BCUT2D eigenvalue weighted by atomic mass is 16.5. The number of aliphatic imine (C=N–C) groups is 1. The average molecular weight is 400 g/mol. The van der Waals surface area contributed by atoms with Gasteiger partial charge >= 0.3 is 0 Å². The van der Waals surface area contributed by atoms with Crippen molar-refractivity contribution in [1.29, 1.82) is 0 Å². The number of benzene rings is 3. The van der Waals surface area contributed by atoms with Gasteiger partial charge in [-0.25, -0.2) is 0 Å². The van der Waals surface area contributed by atoms with Gasteiger partial charge in [0.25, 0.3) is 0 Å². The summed E-state index contributed by atoms with van der Waals surface area (Å²) in [7, 11) is 1.63. The molecule has 3 aromatic rings. The third kappa shape index (κ3) is 4.58. The Hall–Kier alpha value is -3.44. The summed E-state index contributed by atoms with van der Waals surface area (Å²) in [4.78, 5) is 19.6. The SMILES string of the molecule is COc1ccc(N(CC(=O)c2ccc(-c3ccccc3)cc2)C2=NCCOC2)cc1. The molecule has 3 aromatic carbocycles. The van der Waals surface area contributed by atoms with E-state index in [1.807, 2.05) is 71.6 Å². The number of methoxy groups -OCH3 is 1. The number of ether oxygens (including phenoxy) is 2. The van der Waals surface area contributed by atoms with Crippen LogP contribution in [0.25, 0.3) is 11.1 Å². The van der Waals surface area contributed by atoms with E-state index < -0.39 is 0 Å². The number of rotatable bonds is 6. The highest BCUT2D eigenvalue weighted by Gasteiger charge is 2.20. The van der Waals surface area contributed by atoms with Crippen LogP contribution in [0.4, 0.5) is 5.69 Å². The average Bonchev–Trinajstić information content (AvgIpc) is 2.84. The smallest absolute Gasteiger partial charge is 0.182 e. The van der Waals surface area contributed by atoms with E-state index in [1.165, 1.54) is 0 Å². The summed E-state index contributed by atoms with van der Waals surface area (Å²) in [5.41, 5.74) is 3.77. The Morgan fingerprint density at radius 2 is 1.67 bits per heavy atom. The van der Waals surface area contributed by atoms with Gasteiger partial charge in [0.2, 0.25) is 0 Å². The number of carbonyl (C=O) groups is 1. The first-order chi connectivity index (χ1) is 14.7. The Bertz CT molecular complexity index is 1010. The molecule has 1 aliphatic heterocycles. The number of hydrogen-bond acceptors (Lipinski definition) is 5. The van der Waals surface area contributed by atoms with Crippen LogP contribution in [0.5, 0.6) is 5.75 Å². The molecule has 0 unspecified atom stereocenters. The number of carbonyl (C=O) groups excluding carboxylic acids is 1. The Labute approximate surface area is 176 Å². The van der Waals surface area contributed by atoms with E-state index >= 15 is 0 Å². The predicted octanol–water partition coefficient (Wildman–Crippen LogP) is 4.48. The van der Waals surface area contributed by atoms with Gasteiger partial charge in [-0.05, 0) is 35.4 Å². The molecule has 5 heteroatoms. The van der Waals surface area contributed by atoms with Crippen molar-refractivity contribution in [3.63, 3.8) is 0 Å². The van der Waals surface area contributed by atoms with Crippen molar-refractivity contribution < 1.29 is 14.3 Å². The number of Topliss-reactive ketones (excluding diaryl/α,β-unsaturated/α-hetero) is 1. The fourth-order valence-corrected chi connectivity index (χ4v) is 3.42. The zero-order valence-corrected chi connectivity index (χ0v) is 17.0. The van der Waals surface area contributed by atoms with Crippen LogP contribution in [0.15, 0.2) is 83.9 Å². The molecule has 0 radical (unpaired) electrons. The van der Waals surface area contributed by atoms with Crippen LogP contribution in [0.3, 0.4) is 0 Å². The Morgan fingerprint density at radius 3 is 2.30 bits per heavy atom. The molecule has 1 aliphatic rings. The minimum absolute atomic E-state index is 0.0266. The first-order valence-electron chi connectivity index (χ1n) is 9.96. The minimum Gasteiger partial charge on any atom is -0.497 e. The number of ketones is 1. The molecule has 5 nitrogen and oxygen atoms in total. The van der Waals surface area contributed by atoms with Gasteiger partial charge in [-0.1, -0.05) is 54.6 Å². The molecule has 0 spiro atoms. The first kappa shape index (κ1) is 19.9. The fraction of sp³-hybridized carbons (Fsp3) is 0.200. The maximum absolute atomic E-state index is 13.1. The lowest BCUT2D eigenvalue weighted by molar-refractivity contribution is 0.100. The van der Waals surface area contributed by atoms with Crippen LogP contribution in [0.1, 0.15) is 10.4 Å². The lowest BCUT2D eigenvalue weighted by atomic mass is 10.0. The van der Waals surface area contributed by atoms with Crippen molar-refractivity contribution in [3.8, 4) is 16.9 Å². The van der Waals surface area contributed by atoms with Crippen LogP contribution in [0.2, 0.25) is 0 Å². The summed E-state index contributed by atoms with van der Waals surface area (Å²) < 4.78 is 10.8. The normalized spacial score (nSPS) is 13.4. The van der Waals surface area contributed by atoms with Gasteiger partial charge in [0.15, 0.2) is 5.78 Å². The van der Waals surface area contributed by atoms with Crippen LogP contribution in [-0.4, -0.2) is 45.0 Å². The fourth-order valence-electron chi connectivity index (χ4n) is 3.42. The van der Waals surface area contributed by atoms with Gasteiger partial charge in [0.1, 0.15) is 18.2 Å². The Morgan fingerprint density at radius 1 is 0.967 bits per heavy atom. The number of nitrogens with zero attached hydrogens (tertiary/aromatic N) is 2. The summed E-state index contributed by atoms with van der Waals surface area (Å²) in [5, 5.41) is 0. The standard InChI is InChI=1S/C25H24N2O3/c1-29-23-13-11-22(12-14-23)27(25-18-30-16-15-26-25)17-24(28)21-9-7-20(8-10-21)19-5-3-2-4-6-19/h2-14H,15-18H2,1H3. The zero-order chi connectivity index (χ0) is 20.8. The molecule has 0 aromatic heterocycles. The summed E-state index contributed by atoms with van der Waals surface area (Å²) in [6, 6.07) is 25.5. The number of anilines is 1. The van der Waals surface area contributed by atoms with E-state index in [4.69, 9.17) is 9.47 Å². The molecule has 0 aliphatic carbocycles. The van der Waals surface area contributed by atoms with E-state index in [-0.39, 0.29) is 12.3 Å². The largest absolute Gasteiger partial charge is 0.497 e. The second-order valence-electron chi connectivity index (χ2n) is 7.00. The van der Waals surface area contributed by atoms with Crippen LogP contribution in [-0.2, 0) is 4.74 Å². The molecule has 0 bridgehead atoms. The van der Waals surface area contributed by atoms with Gasteiger partial charge in [0.05, 0.1) is 26.8 Å².